The Kier molecular flexibility index (Phi) is 7.31. The lowest BCUT2D eigenvalue weighted by atomic mass is 9.95. The van der Waals surface area contributed by atoms with Gasteiger partial charge in [-0.1, -0.05) is 0 Å². The minimum absolute atomic E-state index is 0.0685. The minimum atomic E-state index is -1.01. The minimum Gasteiger partial charge on any atom is -0.462 e. The molecule has 168 valence electrons. The van der Waals surface area contributed by atoms with Crippen LogP contribution in [-0.4, -0.2) is 35.0 Å². The summed E-state index contributed by atoms with van der Waals surface area (Å²) in [7, 11) is 0. The second kappa shape index (κ2) is 10.1. The maximum Gasteiger partial charge on any atom is 0.341 e. The summed E-state index contributed by atoms with van der Waals surface area (Å²) in [4.78, 5) is 48.3. The summed E-state index contributed by atoms with van der Waals surface area (Å²) in [6, 6.07) is 5.62. The first-order valence-corrected chi connectivity index (χ1v) is 10.9. The third-order valence-corrected chi connectivity index (χ3v) is 6.11. The van der Waals surface area contributed by atoms with E-state index in [9.17, 15) is 24.5 Å². The van der Waals surface area contributed by atoms with Gasteiger partial charge in [0.15, 0.2) is 0 Å². The summed E-state index contributed by atoms with van der Waals surface area (Å²) < 4.78 is 5.14. The fraction of sp³-hybridized carbons (Fsp3) is 0.333. The molecule has 11 heteroatoms. The second-order valence-corrected chi connectivity index (χ2v) is 8.14. The number of esters is 1. The van der Waals surface area contributed by atoms with E-state index in [-0.39, 0.29) is 12.3 Å². The standard InChI is InChI=1S/C21H22N4O6S/c1-3-31-21(28)17-15-6-4-5-7-16(15)32-20(17)22-18(26)19(27)24-23-12(2)13-8-10-14(11-9-13)25(29)30/h8-11H,3-7H2,1-2H3,(H,22,26)(H,24,27)/b23-12+. The van der Waals surface area contributed by atoms with Crippen molar-refractivity contribution < 1.29 is 24.0 Å². The molecule has 0 saturated carbocycles. The predicted molar refractivity (Wildman–Crippen MR) is 119 cm³/mol. The number of amides is 2. The molecule has 0 aliphatic heterocycles. The molecular formula is C21H22N4O6S. The van der Waals surface area contributed by atoms with Gasteiger partial charge in [-0.15, -0.1) is 11.3 Å². The number of non-ortho nitro benzene ring substituents is 1. The summed E-state index contributed by atoms with van der Waals surface area (Å²) in [6.45, 7) is 3.49. The molecule has 0 radical (unpaired) electrons. The zero-order chi connectivity index (χ0) is 23.3. The van der Waals surface area contributed by atoms with Crippen LogP contribution in [0.3, 0.4) is 0 Å². The number of nitro groups is 1. The maximum atomic E-state index is 12.5. The molecule has 0 unspecified atom stereocenters. The lowest BCUT2D eigenvalue weighted by molar-refractivity contribution is -0.384. The van der Waals surface area contributed by atoms with E-state index < -0.39 is 22.7 Å². The molecule has 1 aliphatic carbocycles. The smallest absolute Gasteiger partial charge is 0.341 e. The first kappa shape index (κ1) is 23.1. The van der Waals surface area contributed by atoms with Gasteiger partial charge in [0.05, 0.1) is 22.8 Å². The Morgan fingerprint density at radius 2 is 1.84 bits per heavy atom. The average Bonchev–Trinajstić information content (AvgIpc) is 3.15. The van der Waals surface area contributed by atoms with Gasteiger partial charge < -0.3 is 10.1 Å². The highest BCUT2D eigenvalue weighted by Gasteiger charge is 2.28. The van der Waals surface area contributed by atoms with Crippen molar-refractivity contribution in [1.29, 1.82) is 0 Å². The fourth-order valence-corrected chi connectivity index (χ4v) is 4.58. The SMILES string of the molecule is CCOC(=O)c1c(NC(=O)C(=O)N/N=C(\C)c2ccc([N+](=O)[O-])cc2)sc2c1CCCC2. The van der Waals surface area contributed by atoms with Gasteiger partial charge in [0.2, 0.25) is 0 Å². The van der Waals surface area contributed by atoms with Crippen LogP contribution in [0, 0.1) is 10.1 Å². The average molecular weight is 458 g/mol. The van der Waals surface area contributed by atoms with E-state index >= 15 is 0 Å². The molecule has 1 aliphatic rings. The van der Waals surface area contributed by atoms with E-state index in [2.05, 4.69) is 15.8 Å². The molecule has 1 aromatic carbocycles. The number of nitrogens with zero attached hydrogens (tertiary/aromatic N) is 2. The van der Waals surface area contributed by atoms with Gasteiger partial charge in [-0.3, -0.25) is 19.7 Å². The number of carbonyl (C=O) groups excluding carboxylic acids is 3. The summed E-state index contributed by atoms with van der Waals surface area (Å²) in [5.74, 6) is -2.49. The molecule has 0 bridgehead atoms. The predicted octanol–water partition coefficient (Wildman–Crippen LogP) is 3.19. The van der Waals surface area contributed by atoms with Crippen LogP contribution in [0.2, 0.25) is 0 Å². The summed E-state index contributed by atoms with van der Waals surface area (Å²) in [5, 5.41) is 17.4. The van der Waals surface area contributed by atoms with Crippen molar-refractivity contribution in [3.8, 4) is 0 Å². The number of hydrogen-bond donors (Lipinski definition) is 2. The lowest BCUT2D eigenvalue weighted by Gasteiger charge is -2.12. The van der Waals surface area contributed by atoms with Gasteiger partial charge in [-0.05, 0) is 62.8 Å². The molecule has 2 aromatic rings. The van der Waals surface area contributed by atoms with Crippen LogP contribution in [0.1, 0.15) is 53.1 Å². The Hall–Kier alpha value is -3.60. The third-order valence-electron chi connectivity index (χ3n) is 4.91. The number of thiophene rings is 1. The largest absolute Gasteiger partial charge is 0.462 e. The van der Waals surface area contributed by atoms with E-state index in [0.717, 1.165) is 36.1 Å². The number of aryl methyl sites for hydroxylation is 1. The molecule has 32 heavy (non-hydrogen) atoms. The highest BCUT2D eigenvalue weighted by molar-refractivity contribution is 7.17. The molecule has 0 fully saturated rings. The number of fused-ring (bicyclic) bond motifs is 1. The van der Waals surface area contributed by atoms with Crippen molar-refractivity contribution >= 4 is 45.5 Å². The van der Waals surface area contributed by atoms with Crippen LogP contribution in [0.4, 0.5) is 10.7 Å². The number of benzene rings is 1. The second-order valence-electron chi connectivity index (χ2n) is 7.03. The van der Waals surface area contributed by atoms with Crippen molar-refractivity contribution in [1.82, 2.24) is 5.43 Å². The van der Waals surface area contributed by atoms with Crippen molar-refractivity contribution in [2.75, 3.05) is 11.9 Å². The van der Waals surface area contributed by atoms with E-state index in [1.165, 1.54) is 35.6 Å². The van der Waals surface area contributed by atoms with Crippen molar-refractivity contribution in [2.45, 2.75) is 39.5 Å². The van der Waals surface area contributed by atoms with E-state index in [1.807, 2.05) is 0 Å². The highest BCUT2D eigenvalue weighted by atomic mass is 32.1. The normalized spacial score (nSPS) is 13.1. The topological polar surface area (TPSA) is 140 Å². The van der Waals surface area contributed by atoms with Gasteiger partial charge in [0, 0.05) is 17.0 Å². The summed E-state index contributed by atoms with van der Waals surface area (Å²) in [6.07, 6.45) is 3.48. The quantitative estimate of drug-likeness (QED) is 0.224. The molecule has 1 heterocycles. The first-order chi connectivity index (χ1) is 15.3. The molecule has 2 amide bonds. The monoisotopic (exact) mass is 458 g/mol. The third kappa shape index (κ3) is 5.17. The Morgan fingerprint density at radius 1 is 1.16 bits per heavy atom. The molecule has 3 rings (SSSR count). The van der Waals surface area contributed by atoms with Crippen LogP contribution in [0.25, 0.3) is 0 Å². The highest BCUT2D eigenvalue weighted by Crippen LogP contribution is 2.38. The number of nitrogens with one attached hydrogen (secondary N) is 2. The lowest BCUT2D eigenvalue weighted by Crippen LogP contribution is -2.33. The molecule has 0 atom stereocenters. The Bertz CT molecular complexity index is 1090. The van der Waals surface area contributed by atoms with Gasteiger partial charge >= 0.3 is 17.8 Å². The summed E-state index contributed by atoms with van der Waals surface area (Å²) >= 11 is 1.28. The van der Waals surface area contributed by atoms with Crippen molar-refractivity contribution in [2.24, 2.45) is 5.10 Å². The van der Waals surface area contributed by atoms with Gasteiger partial charge in [-0.2, -0.15) is 5.10 Å². The number of hydrogen-bond acceptors (Lipinski definition) is 8. The number of nitro benzene ring substituents is 1. The maximum absolute atomic E-state index is 12.5. The van der Waals surface area contributed by atoms with Crippen LogP contribution in [0.15, 0.2) is 29.4 Å². The van der Waals surface area contributed by atoms with E-state index in [4.69, 9.17) is 4.74 Å². The van der Waals surface area contributed by atoms with Crippen LogP contribution in [0.5, 0.6) is 0 Å². The first-order valence-electron chi connectivity index (χ1n) is 10.0. The van der Waals surface area contributed by atoms with E-state index in [1.54, 1.807) is 13.8 Å². The number of ether oxygens (including phenoxy) is 1. The zero-order valence-electron chi connectivity index (χ0n) is 17.6. The molecule has 10 nitrogen and oxygen atoms in total. The number of anilines is 1. The zero-order valence-corrected chi connectivity index (χ0v) is 18.4. The number of hydrazone groups is 1. The van der Waals surface area contributed by atoms with Gasteiger partial charge in [-0.25, -0.2) is 10.2 Å². The van der Waals surface area contributed by atoms with Crippen LogP contribution < -0.4 is 10.7 Å². The molecule has 0 saturated heterocycles. The fourth-order valence-electron chi connectivity index (χ4n) is 3.31. The molecule has 1 aromatic heterocycles. The number of carbonyl (C=O) groups is 3. The van der Waals surface area contributed by atoms with Gasteiger partial charge in [0.25, 0.3) is 5.69 Å². The van der Waals surface area contributed by atoms with Crippen molar-refractivity contribution in [3.05, 3.63) is 55.9 Å². The Balaban J connectivity index is 1.71. The molecule has 2 N–H and O–H groups in total. The Labute approximate surface area is 187 Å². The van der Waals surface area contributed by atoms with Crippen LogP contribution >= 0.6 is 11.3 Å². The van der Waals surface area contributed by atoms with Crippen LogP contribution in [-0.2, 0) is 27.2 Å². The summed E-state index contributed by atoms with van der Waals surface area (Å²) in [5.41, 5.74) is 4.20. The molecule has 0 spiro atoms. The van der Waals surface area contributed by atoms with Gasteiger partial charge in [0.1, 0.15) is 5.00 Å². The Morgan fingerprint density at radius 3 is 2.50 bits per heavy atom. The number of rotatable bonds is 6. The van der Waals surface area contributed by atoms with E-state index in [0.29, 0.717) is 21.8 Å². The van der Waals surface area contributed by atoms with Crippen molar-refractivity contribution in [3.63, 3.8) is 0 Å². The molecular weight excluding hydrogens is 436 g/mol.